The Hall–Kier alpha value is -2.22. The quantitative estimate of drug-likeness (QED) is 0.876. The van der Waals surface area contributed by atoms with Gasteiger partial charge in [-0.15, -0.1) is 5.10 Å². The van der Waals surface area contributed by atoms with Gasteiger partial charge in [0.25, 0.3) is 5.91 Å². The number of amides is 1. The molecular weight excluding hydrogens is 280 g/mol. The first kappa shape index (κ1) is 14.2. The first-order chi connectivity index (χ1) is 9.40. The number of nitrogens with one attached hydrogen (secondary N) is 2. The Kier molecular flexibility index (Phi) is 3.84. The number of hydrogen-bond donors (Lipinski definition) is 2. The highest BCUT2D eigenvalue weighted by Crippen LogP contribution is 2.14. The predicted octanol–water partition coefficient (Wildman–Crippen LogP) is 1.02. The summed E-state index contributed by atoms with van der Waals surface area (Å²) in [6.45, 7) is 1.89. The molecule has 106 valence electrons. The fourth-order valence-electron chi connectivity index (χ4n) is 1.53. The summed E-state index contributed by atoms with van der Waals surface area (Å²) in [5.41, 5.74) is 0.477. The lowest BCUT2D eigenvalue weighted by Gasteiger charge is -2.03. The molecule has 1 amide bonds. The molecule has 7 nitrogen and oxygen atoms in total. The van der Waals surface area contributed by atoms with E-state index in [1.807, 2.05) is 6.92 Å². The van der Waals surface area contributed by atoms with Crippen LogP contribution in [-0.2, 0) is 16.3 Å². The minimum Gasteiger partial charge on any atom is -0.319 e. The van der Waals surface area contributed by atoms with Crippen LogP contribution < -0.4 is 5.32 Å². The van der Waals surface area contributed by atoms with Crippen molar-refractivity contribution >= 4 is 21.4 Å². The molecule has 1 aromatic carbocycles. The summed E-state index contributed by atoms with van der Waals surface area (Å²) in [6, 6.07) is 5.89. The Balaban J connectivity index is 2.12. The Labute approximate surface area is 116 Å². The maximum absolute atomic E-state index is 11.9. The molecule has 0 radical (unpaired) electrons. The Morgan fingerprint density at radius 2 is 1.95 bits per heavy atom. The molecule has 0 spiro atoms. The van der Waals surface area contributed by atoms with Crippen molar-refractivity contribution in [3.8, 4) is 0 Å². The lowest BCUT2D eigenvalue weighted by Crippen LogP contribution is -2.14. The first-order valence-electron chi connectivity index (χ1n) is 5.93. The number of anilines is 1. The van der Waals surface area contributed by atoms with E-state index in [1.165, 1.54) is 24.3 Å². The van der Waals surface area contributed by atoms with Crippen molar-refractivity contribution in [3.05, 3.63) is 35.9 Å². The van der Waals surface area contributed by atoms with Gasteiger partial charge in [-0.05, 0) is 24.3 Å². The van der Waals surface area contributed by atoms with Crippen molar-refractivity contribution in [1.82, 2.24) is 15.2 Å². The van der Waals surface area contributed by atoms with E-state index in [-0.39, 0.29) is 10.7 Å². The van der Waals surface area contributed by atoms with Crippen molar-refractivity contribution in [1.29, 1.82) is 0 Å². The monoisotopic (exact) mass is 294 g/mol. The summed E-state index contributed by atoms with van der Waals surface area (Å²) >= 11 is 0. The number of carbonyl (C=O) groups is 1. The van der Waals surface area contributed by atoms with Gasteiger partial charge in [0.05, 0.1) is 4.90 Å². The predicted molar refractivity (Wildman–Crippen MR) is 73.3 cm³/mol. The Morgan fingerprint density at radius 3 is 2.45 bits per heavy atom. The standard InChI is InChI=1S/C12H14N4O3S/c1-3-10-14-11(16-15-10)12(17)13-8-4-6-9(7-5-8)20(2,18)19/h4-7H,3H2,1-2H3,(H,13,17)(H,14,15,16). The topological polar surface area (TPSA) is 105 Å². The third-order valence-corrected chi connectivity index (χ3v) is 3.74. The molecule has 2 N–H and O–H groups in total. The summed E-state index contributed by atoms with van der Waals surface area (Å²) < 4.78 is 22.6. The summed E-state index contributed by atoms with van der Waals surface area (Å²) in [6.07, 6.45) is 1.78. The number of aromatic nitrogens is 3. The zero-order valence-electron chi connectivity index (χ0n) is 11.0. The molecule has 8 heteroatoms. The van der Waals surface area contributed by atoms with Crippen LogP contribution in [0.4, 0.5) is 5.69 Å². The van der Waals surface area contributed by atoms with Crippen LogP contribution in [0.25, 0.3) is 0 Å². The molecule has 0 saturated heterocycles. The van der Waals surface area contributed by atoms with E-state index in [2.05, 4.69) is 20.5 Å². The van der Waals surface area contributed by atoms with Crippen molar-refractivity contribution in [3.63, 3.8) is 0 Å². The van der Waals surface area contributed by atoms with Gasteiger partial charge in [0.1, 0.15) is 5.82 Å². The molecule has 0 aliphatic carbocycles. The van der Waals surface area contributed by atoms with Gasteiger partial charge in [-0.25, -0.2) is 13.4 Å². The molecule has 0 aliphatic heterocycles. The first-order valence-corrected chi connectivity index (χ1v) is 7.82. The maximum Gasteiger partial charge on any atom is 0.295 e. The Morgan fingerprint density at radius 1 is 1.30 bits per heavy atom. The van der Waals surface area contributed by atoms with E-state index in [9.17, 15) is 13.2 Å². The summed E-state index contributed by atoms with van der Waals surface area (Å²) in [4.78, 5) is 16.1. The van der Waals surface area contributed by atoms with Crippen LogP contribution in [0.2, 0.25) is 0 Å². The van der Waals surface area contributed by atoms with Gasteiger partial charge < -0.3 is 5.32 Å². The number of aromatic amines is 1. The number of nitrogens with zero attached hydrogens (tertiary/aromatic N) is 2. The van der Waals surface area contributed by atoms with E-state index >= 15 is 0 Å². The van der Waals surface area contributed by atoms with Crippen LogP contribution in [0, 0.1) is 0 Å². The van der Waals surface area contributed by atoms with Gasteiger partial charge >= 0.3 is 0 Å². The second-order valence-corrected chi connectivity index (χ2v) is 6.23. The normalized spacial score (nSPS) is 11.3. The lowest BCUT2D eigenvalue weighted by atomic mass is 10.3. The number of carbonyl (C=O) groups excluding carboxylic acids is 1. The molecule has 2 aromatic rings. The number of rotatable bonds is 4. The van der Waals surface area contributed by atoms with E-state index in [1.54, 1.807) is 0 Å². The molecule has 0 saturated carbocycles. The van der Waals surface area contributed by atoms with Gasteiger partial charge in [0.2, 0.25) is 5.82 Å². The van der Waals surface area contributed by atoms with Crippen LogP contribution in [0.3, 0.4) is 0 Å². The third-order valence-electron chi connectivity index (χ3n) is 2.61. The molecular formula is C12H14N4O3S. The van der Waals surface area contributed by atoms with E-state index in [4.69, 9.17) is 0 Å². The van der Waals surface area contributed by atoms with Crippen LogP contribution >= 0.6 is 0 Å². The van der Waals surface area contributed by atoms with Gasteiger partial charge in [-0.1, -0.05) is 6.92 Å². The minimum absolute atomic E-state index is 0.0500. The lowest BCUT2D eigenvalue weighted by molar-refractivity contribution is 0.101. The molecule has 1 aromatic heterocycles. The fourth-order valence-corrected chi connectivity index (χ4v) is 2.16. The maximum atomic E-state index is 11.9. The zero-order valence-corrected chi connectivity index (χ0v) is 11.9. The fraction of sp³-hybridized carbons (Fsp3) is 0.250. The average molecular weight is 294 g/mol. The smallest absolute Gasteiger partial charge is 0.295 e. The largest absolute Gasteiger partial charge is 0.319 e. The van der Waals surface area contributed by atoms with Crippen molar-refractivity contribution in [2.75, 3.05) is 11.6 Å². The Bertz CT molecular complexity index is 719. The molecule has 0 unspecified atom stereocenters. The molecule has 20 heavy (non-hydrogen) atoms. The summed E-state index contributed by atoms with van der Waals surface area (Å²) in [5, 5.41) is 9.04. The summed E-state index contributed by atoms with van der Waals surface area (Å²) in [7, 11) is -3.24. The number of benzene rings is 1. The number of sulfone groups is 1. The van der Waals surface area contributed by atoms with Gasteiger partial charge in [0, 0.05) is 18.4 Å². The molecule has 0 atom stereocenters. The van der Waals surface area contributed by atoms with Crippen LogP contribution in [0.5, 0.6) is 0 Å². The van der Waals surface area contributed by atoms with E-state index in [0.717, 1.165) is 6.26 Å². The van der Waals surface area contributed by atoms with Gasteiger partial charge in [-0.2, -0.15) is 0 Å². The minimum atomic E-state index is -3.24. The van der Waals surface area contributed by atoms with E-state index < -0.39 is 15.7 Å². The summed E-state index contributed by atoms with van der Waals surface area (Å²) in [5.74, 6) is 0.227. The molecule has 0 bridgehead atoms. The van der Waals surface area contributed by atoms with E-state index in [0.29, 0.717) is 17.9 Å². The van der Waals surface area contributed by atoms with Gasteiger partial charge in [-0.3, -0.25) is 9.89 Å². The zero-order chi connectivity index (χ0) is 14.8. The van der Waals surface area contributed by atoms with Crippen molar-refractivity contribution in [2.45, 2.75) is 18.2 Å². The highest BCUT2D eigenvalue weighted by Gasteiger charge is 2.12. The number of hydrogen-bond acceptors (Lipinski definition) is 5. The molecule has 1 heterocycles. The third kappa shape index (κ3) is 3.21. The second kappa shape index (κ2) is 5.41. The average Bonchev–Trinajstić information content (AvgIpc) is 2.87. The van der Waals surface area contributed by atoms with Crippen molar-refractivity contribution < 1.29 is 13.2 Å². The SMILES string of the molecule is CCc1nc(C(=O)Nc2ccc(S(C)(=O)=O)cc2)n[nH]1. The van der Waals surface area contributed by atoms with Crippen LogP contribution in [0.1, 0.15) is 23.4 Å². The highest BCUT2D eigenvalue weighted by molar-refractivity contribution is 7.90. The number of H-pyrrole nitrogens is 1. The highest BCUT2D eigenvalue weighted by atomic mass is 32.2. The second-order valence-electron chi connectivity index (χ2n) is 4.21. The van der Waals surface area contributed by atoms with Crippen LogP contribution in [0.15, 0.2) is 29.2 Å². The van der Waals surface area contributed by atoms with Crippen molar-refractivity contribution in [2.24, 2.45) is 0 Å². The molecule has 2 rings (SSSR count). The van der Waals surface area contributed by atoms with Crippen LogP contribution in [-0.4, -0.2) is 35.8 Å². The molecule has 0 aliphatic rings. The van der Waals surface area contributed by atoms with Gasteiger partial charge in [0.15, 0.2) is 9.84 Å². The molecule has 0 fully saturated rings. The number of aryl methyl sites for hydroxylation is 1.